The minimum absolute atomic E-state index is 0.271. The number of fused-ring (bicyclic) bond motifs is 3. The molecule has 2 saturated heterocycles. The first-order valence-corrected chi connectivity index (χ1v) is 11.8. The number of aromatic nitrogens is 5. The van der Waals surface area contributed by atoms with Crippen LogP contribution in [0.1, 0.15) is 42.4 Å². The summed E-state index contributed by atoms with van der Waals surface area (Å²) in [6.45, 7) is 4.68. The maximum absolute atomic E-state index is 13.2. The molecular formula is C23H25ClFN7O. The first kappa shape index (κ1) is 20.9. The highest BCUT2D eigenvalue weighted by Gasteiger charge is 2.33. The van der Waals surface area contributed by atoms with Crippen LogP contribution in [0.25, 0.3) is 5.69 Å². The summed E-state index contributed by atoms with van der Waals surface area (Å²) in [5.74, 6) is 2.38. The van der Waals surface area contributed by atoms with Crippen molar-refractivity contribution in [3.05, 3.63) is 58.6 Å². The Kier molecular flexibility index (Phi) is 5.48. The third-order valence-corrected chi connectivity index (χ3v) is 7.16. The molecule has 10 heteroatoms. The van der Waals surface area contributed by atoms with Crippen LogP contribution < -0.4 is 4.90 Å². The highest BCUT2D eigenvalue weighted by atomic mass is 35.5. The first-order valence-electron chi connectivity index (χ1n) is 11.4. The van der Waals surface area contributed by atoms with Gasteiger partial charge in [-0.25, -0.2) is 14.4 Å². The minimum Gasteiger partial charge on any atom is -0.380 e. The third-order valence-electron chi connectivity index (χ3n) is 6.93. The number of hydrogen-bond donors (Lipinski definition) is 0. The van der Waals surface area contributed by atoms with Crippen molar-refractivity contribution < 1.29 is 9.13 Å². The summed E-state index contributed by atoms with van der Waals surface area (Å²) in [7, 11) is 0. The second kappa shape index (κ2) is 8.62. The summed E-state index contributed by atoms with van der Waals surface area (Å²) < 4.78 is 21.1. The van der Waals surface area contributed by atoms with Crippen LogP contribution in [0.3, 0.4) is 0 Å². The molecule has 6 rings (SSSR count). The third kappa shape index (κ3) is 3.98. The number of halogens is 2. The van der Waals surface area contributed by atoms with E-state index in [2.05, 4.69) is 46.7 Å². The molecule has 0 aliphatic carbocycles. The SMILES string of the molecule is Fc1cnc(N2CCC(c3nnc4n3-c3ccc(Cl)cc3CN([C@H]3CCOC3)C4)CC2)nc1. The first-order chi connectivity index (χ1) is 16.2. The molecule has 0 unspecified atom stereocenters. The lowest BCUT2D eigenvalue weighted by Gasteiger charge is -2.31. The molecule has 0 radical (unpaired) electrons. The lowest BCUT2D eigenvalue weighted by atomic mass is 9.95. The van der Waals surface area contributed by atoms with E-state index in [0.717, 1.165) is 81.0 Å². The zero-order chi connectivity index (χ0) is 22.4. The highest BCUT2D eigenvalue weighted by Crippen LogP contribution is 2.35. The number of anilines is 1. The van der Waals surface area contributed by atoms with Crippen LogP contribution in [0, 0.1) is 5.82 Å². The number of benzene rings is 1. The van der Waals surface area contributed by atoms with Crippen molar-refractivity contribution in [3.8, 4) is 5.69 Å². The van der Waals surface area contributed by atoms with Gasteiger partial charge >= 0.3 is 0 Å². The quantitative estimate of drug-likeness (QED) is 0.582. The molecule has 2 fully saturated rings. The Morgan fingerprint density at radius 2 is 1.85 bits per heavy atom. The fraction of sp³-hybridized carbons (Fsp3) is 0.478. The summed E-state index contributed by atoms with van der Waals surface area (Å²) >= 11 is 6.39. The highest BCUT2D eigenvalue weighted by molar-refractivity contribution is 6.30. The maximum atomic E-state index is 13.2. The van der Waals surface area contributed by atoms with E-state index in [9.17, 15) is 4.39 Å². The van der Waals surface area contributed by atoms with Crippen molar-refractivity contribution in [2.45, 2.75) is 44.3 Å². The topological polar surface area (TPSA) is 72.2 Å². The van der Waals surface area contributed by atoms with Crippen molar-refractivity contribution in [3.63, 3.8) is 0 Å². The molecule has 1 atom stereocenters. The minimum atomic E-state index is -0.420. The predicted molar refractivity (Wildman–Crippen MR) is 121 cm³/mol. The van der Waals surface area contributed by atoms with Gasteiger partial charge in [-0.3, -0.25) is 9.47 Å². The molecule has 33 heavy (non-hydrogen) atoms. The molecule has 0 saturated carbocycles. The van der Waals surface area contributed by atoms with E-state index >= 15 is 0 Å². The molecule has 1 aromatic carbocycles. The average molecular weight is 470 g/mol. The molecular weight excluding hydrogens is 445 g/mol. The van der Waals surface area contributed by atoms with Crippen LogP contribution in [0.4, 0.5) is 10.3 Å². The lowest BCUT2D eigenvalue weighted by Crippen LogP contribution is -2.35. The van der Waals surface area contributed by atoms with E-state index in [-0.39, 0.29) is 5.92 Å². The monoisotopic (exact) mass is 469 g/mol. The van der Waals surface area contributed by atoms with Crippen molar-refractivity contribution >= 4 is 17.5 Å². The average Bonchev–Trinajstić information content (AvgIpc) is 3.48. The number of piperidine rings is 1. The second-order valence-corrected chi connectivity index (χ2v) is 9.40. The zero-order valence-electron chi connectivity index (χ0n) is 18.2. The Labute approximate surface area is 196 Å². The summed E-state index contributed by atoms with van der Waals surface area (Å²) in [5.41, 5.74) is 2.30. The van der Waals surface area contributed by atoms with Crippen molar-refractivity contribution in [1.82, 2.24) is 29.6 Å². The Bertz CT molecular complexity index is 1140. The molecule has 172 valence electrons. The number of ether oxygens (including phenoxy) is 1. The summed E-state index contributed by atoms with van der Waals surface area (Å²) in [6, 6.07) is 6.47. The van der Waals surface area contributed by atoms with Crippen molar-refractivity contribution in [1.29, 1.82) is 0 Å². The van der Waals surface area contributed by atoms with E-state index in [1.165, 1.54) is 18.0 Å². The Morgan fingerprint density at radius 3 is 2.61 bits per heavy atom. The molecule has 3 aromatic rings. The van der Waals surface area contributed by atoms with E-state index in [0.29, 0.717) is 12.0 Å². The molecule has 0 N–H and O–H groups in total. The van der Waals surface area contributed by atoms with Crippen LogP contribution in [-0.2, 0) is 17.8 Å². The van der Waals surface area contributed by atoms with Gasteiger partial charge in [0, 0.05) is 43.2 Å². The van der Waals surface area contributed by atoms with Gasteiger partial charge in [0.25, 0.3) is 0 Å². The fourth-order valence-corrected chi connectivity index (χ4v) is 5.38. The van der Waals surface area contributed by atoms with Gasteiger partial charge in [-0.15, -0.1) is 10.2 Å². The molecule has 0 spiro atoms. The van der Waals surface area contributed by atoms with Crippen molar-refractivity contribution in [2.24, 2.45) is 0 Å². The largest absolute Gasteiger partial charge is 0.380 e. The van der Waals surface area contributed by atoms with Crippen LogP contribution in [0.2, 0.25) is 5.02 Å². The molecule has 8 nitrogen and oxygen atoms in total. The van der Waals surface area contributed by atoms with Gasteiger partial charge in [-0.05, 0) is 43.0 Å². The fourth-order valence-electron chi connectivity index (χ4n) is 5.19. The lowest BCUT2D eigenvalue weighted by molar-refractivity contribution is 0.133. The second-order valence-electron chi connectivity index (χ2n) is 8.97. The molecule has 3 aliphatic rings. The molecule has 3 aliphatic heterocycles. The normalized spacial score (nSPS) is 21.6. The molecule has 2 aromatic heterocycles. The van der Waals surface area contributed by atoms with E-state index in [1.54, 1.807) is 0 Å². The van der Waals surface area contributed by atoms with Crippen molar-refractivity contribution in [2.75, 3.05) is 31.2 Å². The zero-order valence-corrected chi connectivity index (χ0v) is 19.0. The van der Waals surface area contributed by atoms with E-state index in [4.69, 9.17) is 16.3 Å². The van der Waals surface area contributed by atoms with Crippen LogP contribution in [0.5, 0.6) is 0 Å². The smallest absolute Gasteiger partial charge is 0.225 e. The number of hydrogen-bond acceptors (Lipinski definition) is 7. The van der Waals surface area contributed by atoms with Crippen LogP contribution in [0.15, 0.2) is 30.6 Å². The van der Waals surface area contributed by atoms with Gasteiger partial charge in [0.1, 0.15) is 5.82 Å². The van der Waals surface area contributed by atoms with Gasteiger partial charge in [-0.1, -0.05) is 11.6 Å². The Hall–Kier alpha value is -2.62. The number of nitrogens with zero attached hydrogens (tertiary/aromatic N) is 7. The van der Waals surface area contributed by atoms with E-state index < -0.39 is 5.82 Å². The van der Waals surface area contributed by atoms with E-state index in [1.807, 2.05) is 6.07 Å². The maximum Gasteiger partial charge on any atom is 0.225 e. The molecule has 5 heterocycles. The molecule has 0 bridgehead atoms. The van der Waals surface area contributed by atoms with Crippen LogP contribution >= 0.6 is 11.6 Å². The van der Waals surface area contributed by atoms with Gasteiger partial charge in [-0.2, -0.15) is 0 Å². The Morgan fingerprint density at radius 1 is 1.03 bits per heavy atom. The molecule has 0 amide bonds. The number of rotatable bonds is 3. The van der Waals surface area contributed by atoms with Gasteiger partial charge < -0.3 is 9.64 Å². The summed E-state index contributed by atoms with van der Waals surface area (Å²) in [4.78, 5) is 12.8. The predicted octanol–water partition coefficient (Wildman–Crippen LogP) is 3.34. The summed E-state index contributed by atoms with van der Waals surface area (Å²) in [5, 5.41) is 10.1. The summed E-state index contributed by atoms with van der Waals surface area (Å²) in [6.07, 6.45) is 5.27. The van der Waals surface area contributed by atoms with Gasteiger partial charge in [0.15, 0.2) is 11.6 Å². The standard InChI is InChI=1S/C23H25ClFN7O/c24-17-1-2-20-16(9-17)12-31(19-5-8-33-14-19)13-21-28-29-22(32(20)21)15-3-6-30(7-4-15)23-26-10-18(25)11-27-23/h1-2,9-11,15,19H,3-8,12-14H2/t19-/m0/s1. The van der Waals surface area contributed by atoms with Gasteiger partial charge in [0.2, 0.25) is 5.95 Å². The Balaban J connectivity index is 1.29. The van der Waals surface area contributed by atoms with Crippen LogP contribution in [-0.4, -0.2) is 62.0 Å². The van der Waals surface area contributed by atoms with Gasteiger partial charge in [0.05, 0.1) is 31.2 Å².